The molecule has 0 saturated heterocycles. The van der Waals surface area contributed by atoms with Crippen molar-refractivity contribution in [3.8, 4) is 6.57 Å². The van der Waals surface area contributed by atoms with Crippen LogP contribution in [0.3, 0.4) is 0 Å². The molecular formula is C4H10NSi+. The fourth-order valence-electron chi connectivity index (χ4n) is 0. The highest BCUT2D eigenvalue weighted by atomic mass is 28.3. The summed E-state index contributed by atoms with van der Waals surface area (Å²) in [4.78, 5) is 0. The quantitative estimate of drug-likeness (QED) is 0.409. The fourth-order valence-corrected chi connectivity index (χ4v) is 0. The van der Waals surface area contributed by atoms with E-state index in [2.05, 4.69) is 24.2 Å². The molecule has 2 heteroatoms. The van der Waals surface area contributed by atoms with Crippen LogP contribution >= 0.6 is 0 Å². The summed E-state index contributed by atoms with van der Waals surface area (Å²) in [6.45, 7) is 11.3. The van der Waals surface area contributed by atoms with E-state index in [1.807, 2.05) is 0 Å². The van der Waals surface area contributed by atoms with Crippen LogP contribution in [0.4, 0.5) is 0 Å². The molecule has 0 bridgehead atoms. The lowest BCUT2D eigenvalue weighted by Gasteiger charge is -1.82. The Morgan fingerprint density at radius 1 is 1.33 bits per heavy atom. The van der Waals surface area contributed by atoms with Crippen molar-refractivity contribution in [2.75, 3.05) is 0 Å². The average Bonchev–Trinajstić information content (AvgIpc) is 1.35. The zero-order valence-corrected chi connectivity index (χ0v) is 5.52. The minimum Gasteiger partial charge on any atom is -0.196 e. The maximum atomic E-state index is 4.99. The Hall–Kier alpha value is -0.293. The molecule has 0 unspecified atom stereocenters. The van der Waals surface area contributed by atoms with Crippen LogP contribution in [-0.2, 0) is 0 Å². The molecule has 0 aliphatic rings. The van der Waals surface area contributed by atoms with Gasteiger partial charge in [0.25, 0.3) is 0 Å². The van der Waals surface area contributed by atoms with E-state index in [0.717, 1.165) is 0 Å². The molecule has 1 nitrogen and oxygen atoms in total. The Morgan fingerprint density at radius 2 is 1.50 bits per heavy atom. The second-order valence-corrected chi connectivity index (χ2v) is 6.90. The molecule has 0 fully saturated rings. The van der Waals surface area contributed by atoms with Crippen LogP contribution in [0.15, 0.2) is 0 Å². The SMILES string of the molecule is C#[N+][Si](C)(C)C. The van der Waals surface area contributed by atoms with Gasteiger partial charge in [0, 0.05) is 19.6 Å². The van der Waals surface area contributed by atoms with Gasteiger partial charge in [-0.2, -0.15) is 4.51 Å². The normalized spacial score (nSPS) is 10.3. The summed E-state index contributed by atoms with van der Waals surface area (Å²) in [5.74, 6) is 0. The molecule has 0 aromatic rings. The fraction of sp³-hybridized carbons (Fsp3) is 0.750. The average molecular weight is 100 g/mol. The minimum atomic E-state index is -1.23. The first-order chi connectivity index (χ1) is 2.56. The van der Waals surface area contributed by atoms with Gasteiger partial charge in [-0.3, -0.25) is 0 Å². The standard InChI is InChI=1S/C4H10NSi/c1-5-6(2,3)4/h1H,2-4H3/q+1. The Balaban J connectivity index is 3.55. The number of rotatable bonds is 0. The van der Waals surface area contributed by atoms with Gasteiger partial charge in [0.15, 0.2) is 0 Å². The molecule has 0 aliphatic heterocycles. The van der Waals surface area contributed by atoms with Crippen LogP contribution in [0, 0.1) is 6.57 Å². The third-order valence-electron chi connectivity index (χ3n) is 0.387. The van der Waals surface area contributed by atoms with Gasteiger partial charge in [-0.15, -0.1) is 0 Å². The van der Waals surface area contributed by atoms with Crippen molar-refractivity contribution in [2.24, 2.45) is 0 Å². The van der Waals surface area contributed by atoms with Crippen LogP contribution < -0.4 is 0 Å². The Labute approximate surface area is 39.9 Å². The Kier molecular flexibility index (Phi) is 1.37. The summed E-state index contributed by atoms with van der Waals surface area (Å²) < 4.78 is 3.66. The zero-order valence-electron chi connectivity index (χ0n) is 4.52. The molecule has 0 heterocycles. The van der Waals surface area contributed by atoms with Crippen molar-refractivity contribution in [2.45, 2.75) is 19.6 Å². The highest BCUT2D eigenvalue weighted by molar-refractivity contribution is 6.79. The molecule has 0 radical (unpaired) electrons. The topological polar surface area (TPSA) is 4.36 Å². The maximum absolute atomic E-state index is 4.99. The molecule has 0 aromatic carbocycles. The molecular weight excluding hydrogens is 90.1 g/mol. The van der Waals surface area contributed by atoms with E-state index in [0.29, 0.717) is 0 Å². The minimum absolute atomic E-state index is 1.23. The van der Waals surface area contributed by atoms with Crippen molar-refractivity contribution in [3.05, 3.63) is 4.51 Å². The van der Waals surface area contributed by atoms with Gasteiger partial charge in [0.05, 0.1) is 0 Å². The second kappa shape index (κ2) is 1.44. The van der Waals surface area contributed by atoms with Gasteiger partial charge in [-0.05, 0) is 0 Å². The Bertz CT molecular complexity index is 74.5. The van der Waals surface area contributed by atoms with Gasteiger partial charge in [-0.25, -0.2) is 0 Å². The van der Waals surface area contributed by atoms with Crippen LogP contribution in [0.5, 0.6) is 0 Å². The summed E-state index contributed by atoms with van der Waals surface area (Å²) in [7, 11) is -1.23. The van der Waals surface area contributed by atoms with E-state index in [-0.39, 0.29) is 0 Å². The zero-order chi connectivity index (χ0) is 5.21. The molecule has 34 valence electrons. The van der Waals surface area contributed by atoms with Gasteiger partial charge in [0.2, 0.25) is 6.57 Å². The van der Waals surface area contributed by atoms with E-state index in [1.54, 1.807) is 0 Å². The molecule has 0 rings (SSSR count). The van der Waals surface area contributed by atoms with E-state index in [9.17, 15) is 0 Å². The first-order valence-corrected chi connectivity index (χ1v) is 5.43. The van der Waals surface area contributed by atoms with Crippen molar-refractivity contribution >= 4 is 8.24 Å². The smallest absolute Gasteiger partial charge is 0.196 e. The first-order valence-electron chi connectivity index (χ1n) is 1.98. The highest BCUT2D eigenvalue weighted by Crippen LogP contribution is 1.98. The summed E-state index contributed by atoms with van der Waals surface area (Å²) >= 11 is 0. The van der Waals surface area contributed by atoms with Crippen molar-refractivity contribution in [1.29, 1.82) is 0 Å². The van der Waals surface area contributed by atoms with Crippen molar-refractivity contribution < 1.29 is 0 Å². The predicted octanol–water partition coefficient (Wildman–Crippen LogP) is 1.78. The maximum Gasteiger partial charge on any atom is 0.498 e. The molecule has 0 spiro atoms. The van der Waals surface area contributed by atoms with Crippen LogP contribution in [0.2, 0.25) is 19.6 Å². The van der Waals surface area contributed by atoms with Crippen molar-refractivity contribution in [3.63, 3.8) is 0 Å². The molecule has 0 saturated carbocycles. The molecule has 6 heavy (non-hydrogen) atoms. The summed E-state index contributed by atoms with van der Waals surface area (Å²) in [5.41, 5.74) is 0. The van der Waals surface area contributed by atoms with Crippen molar-refractivity contribution in [1.82, 2.24) is 0 Å². The molecule has 0 aliphatic carbocycles. The second-order valence-electron chi connectivity index (χ2n) is 2.30. The summed E-state index contributed by atoms with van der Waals surface area (Å²) in [5, 5.41) is 0. The molecule has 0 aromatic heterocycles. The largest absolute Gasteiger partial charge is 0.498 e. The lowest BCUT2D eigenvalue weighted by molar-refractivity contribution is 1.78. The number of nitrogens with zero attached hydrogens (tertiary/aromatic N) is 1. The number of hydrogen-bond donors (Lipinski definition) is 0. The third kappa shape index (κ3) is 3.71. The van der Waals surface area contributed by atoms with E-state index in [1.165, 1.54) is 0 Å². The lowest BCUT2D eigenvalue weighted by atomic mass is 11.8. The summed E-state index contributed by atoms with van der Waals surface area (Å²) in [6.07, 6.45) is 0. The van der Waals surface area contributed by atoms with Crippen LogP contribution in [0.1, 0.15) is 0 Å². The van der Waals surface area contributed by atoms with E-state index in [4.69, 9.17) is 6.57 Å². The monoisotopic (exact) mass is 100 g/mol. The van der Waals surface area contributed by atoms with Gasteiger partial charge in [-0.1, -0.05) is 0 Å². The van der Waals surface area contributed by atoms with E-state index >= 15 is 0 Å². The predicted molar refractivity (Wildman–Crippen MR) is 31.6 cm³/mol. The van der Waals surface area contributed by atoms with Gasteiger partial charge < -0.3 is 0 Å². The summed E-state index contributed by atoms with van der Waals surface area (Å²) in [6, 6.07) is 0. The lowest BCUT2D eigenvalue weighted by Crippen LogP contribution is -2.11. The van der Waals surface area contributed by atoms with Gasteiger partial charge >= 0.3 is 8.24 Å². The molecule has 0 amide bonds. The van der Waals surface area contributed by atoms with Crippen LogP contribution in [0.25, 0.3) is 4.51 Å². The van der Waals surface area contributed by atoms with E-state index < -0.39 is 8.24 Å². The van der Waals surface area contributed by atoms with Gasteiger partial charge in [0.1, 0.15) is 0 Å². The number of hydrogen-bond acceptors (Lipinski definition) is 0. The molecule has 0 N–H and O–H groups in total. The molecule has 0 atom stereocenters. The Morgan fingerprint density at radius 3 is 1.50 bits per heavy atom. The first kappa shape index (κ1) is 5.71. The highest BCUT2D eigenvalue weighted by Gasteiger charge is 2.26. The third-order valence-corrected chi connectivity index (χ3v) is 1.16. The van der Waals surface area contributed by atoms with Crippen LogP contribution in [-0.4, -0.2) is 8.24 Å².